The van der Waals surface area contributed by atoms with Crippen molar-refractivity contribution in [2.24, 2.45) is 5.92 Å². The molecule has 1 saturated heterocycles. The largest absolute Gasteiger partial charge is 0.355 e. The molecule has 2 rings (SSSR count). The van der Waals surface area contributed by atoms with E-state index in [9.17, 15) is 4.79 Å². The third-order valence-corrected chi connectivity index (χ3v) is 4.28. The average Bonchev–Trinajstić information content (AvgIpc) is 2.49. The number of hydrogen-bond donors (Lipinski definition) is 2. The Kier molecular flexibility index (Phi) is 7.76. The van der Waals surface area contributed by atoms with Gasteiger partial charge in [-0.15, -0.1) is 12.4 Å². The molecule has 1 fully saturated rings. The van der Waals surface area contributed by atoms with Crippen molar-refractivity contribution in [2.75, 3.05) is 13.1 Å². The molecular weight excluding hydrogens is 284 g/mol. The summed E-state index contributed by atoms with van der Waals surface area (Å²) in [5, 5.41) is 6.54. The normalized spacial score (nSPS) is 23.0. The molecular formula is C17H27ClN2O. The van der Waals surface area contributed by atoms with E-state index < -0.39 is 0 Å². The summed E-state index contributed by atoms with van der Waals surface area (Å²) in [7, 11) is 0. The van der Waals surface area contributed by atoms with Gasteiger partial charge in [-0.1, -0.05) is 37.3 Å². The summed E-state index contributed by atoms with van der Waals surface area (Å²) in [5.41, 5.74) is 1.31. The molecule has 1 amide bonds. The van der Waals surface area contributed by atoms with Crippen LogP contribution in [-0.4, -0.2) is 25.0 Å². The van der Waals surface area contributed by atoms with Gasteiger partial charge in [-0.2, -0.15) is 0 Å². The molecule has 21 heavy (non-hydrogen) atoms. The Morgan fingerprint density at radius 3 is 2.71 bits per heavy atom. The number of nitrogens with one attached hydrogen (secondary N) is 2. The van der Waals surface area contributed by atoms with Crippen molar-refractivity contribution in [2.45, 2.75) is 45.1 Å². The first kappa shape index (κ1) is 18.0. The lowest BCUT2D eigenvalue weighted by Gasteiger charge is -2.27. The van der Waals surface area contributed by atoms with Gasteiger partial charge in [-0.3, -0.25) is 4.79 Å². The predicted molar refractivity (Wildman–Crippen MR) is 89.9 cm³/mol. The quantitative estimate of drug-likeness (QED) is 0.877. The van der Waals surface area contributed by atoms with E-state index >= 15 is 0 Å². The third kappa shape index (κ3) is 5.33. The molecule has 4 heteroatoms. The molecule has 1 aliphatic rings. The van der Waals surface area contributed by atoms with Crippen LogP contribution in [0.3, 0.4) is 0 Å². The van der Waals surface area contributed by atoms with E-state index in [1.807, 2.05) is 6.07 Å². The number of halogens is 1. The van der Waals surface area contributed by atoms with E-state index in [0.29, 0.717) is 12.0 Å². The minimum Gasteiger partial charge on any atom is -0.355 e. The van der Waals surface area contributed by atoms with Gasteiger partial charge in [-0.05, 0) is 38.3 Å². The fourth-order valence-electron chi connectivity index (χ4n) is 2.96. The molecule has 1 unspecified atom stereocenters. The van der Waals surface area contributed by atoms with Gasteiger partial charge in [0, 0.05) is 24.4 Å². The molecule has 1 aromatic rings. The third-order valence-electron chi connectivity index (χ3n) is 4.28. The van der Waals surface area contributed by atoms with Gasteiger partial charge in [0.1, 0.15) is 0 Å². The van der Waals surface area contributed by atoms with E-state index in [4.69, 9.17) is 0 Å². The molecule has 1 aromatic carbocycles. The highest BCUT2D eigenvalue weighted by Gasteiger charge is 2.24. The van der Waals surface area contributed by atoms with Gasteiger partial charge in [0.05, 0.1) is 0 Å². The zero-order valence-corrected chi connectivity index (χ0v) is 13.8. The van der Waals surface area contributed by atoms with Crippen LogP contribution in [-0.2, 0) is 4.79 Å². The van der Waals surface area contributed by atoms with E-state index in [-0.39, 0.29) is 24.2 Å². The monoisotopic (exact) mass is 310 g/mol. The van der Waals surface area contributed by atoms with Crippen molar-refractivity contribution < 1.29 is 4.79 Å². The van der Waals surface area contributed by atoms with Crippen molar-refractivity contribution >= 4 is 18.3 Å². The zero-order chi connectivity index (χ0) is 14.4. The van der Waals surface area contributed by atoms with E-state index in [1.54, 1.807) is 0 Å². The smallest absolute Gasteiger partial charge is 0.223 e. The van der Waals surface area contributed by atoms with E-state index in [1.165, 1.54) is 5.56 Å². The van der Waals surface area contributed by atoms with Crippen molar-refractivity contribution in [3.05, 3.63) is 35.9 Å². The summed E-state index contributed by atoms with van der Waals surface area (Å²) >= 11 is 0. The summed E-state index contributed by atoms with van der Waals surface area (Å²) in [6, 6.07) is 10.9. The minimum atomic E-state index is 0. The highest BCUT2D eigenvalue weighted by molar-refractivity contribution is 5.85. The maximum absolute atomic E-state index is 12.3. The first-order valence-electron chi connectivity index (χ1n) is 7.76. The highest BCUT2D eigenvalue weighted by atomic mass is 35.5. The molecule has 0 saturated carbocycles. The Morgan fingerprint density at radius 1 is 1.38 bits per heavy atom. The van der Waals surface area contributed by atoms with Crippen LogP contribution in [0.25, 0.3) is 0 Å². The molecule has 0 aromatic heterocycles. The predicted octanol–water partition coefficient (Wildman–Crippen LogP) is 3.11. The Morgan fingerprint density at radius 2 is 2.10 bits per heavy atom. The van der Waals surface area contributed by atoms with Gasteiger partial charge in [-0.25, -0.2) is 0 Å². The van der Waals surface area contributed by atoms with Crippen LogP contribution in [0.2, 0.25) is 0 Å². The number of hydrogen-bond acceptors (Lipinski definition) is 2. The lowest BCUT2D eigenvalue weighted by Crippen LogP contribution is -2.43. The second kappa shape index (κ2) is 9.06. The second-order valence-corrected chi connectivity index (χ2v) is 5.84. The fourth-order valence-corrected chi connectivity index (χ4v) is 2.96. The fraction of sp³-hybridized carbons (Fsp3) is 0.588. The summed E-state index contributed by atoms with van der Waals surface area (Å²) in [6.07, 6.45) is 2.96. The number of carbonyl (C=O) groups excluding carboxylic acids is 1. The minimum absolute atomic E-state index is 0. The van der Waals surface area contributed by atoms with Crippen LogP contribution in [0.4, 0.5) is 0 Å². The van der Waals surface area contributed by atoms with Crippen molar-refractivity contribution in [3.8, 4) is 0 Å². The van der Waals surface area contributed by atoms with E-state index in [2.05, 4.69) is 48.7 Å². The van der Waals surface area contributed by atoms with Crippen LogP contribution in [0.15, 0.2) is 30.3 Å². The standard InChI is InChI=1S/C17H26N2O.ClH/c1-3-14(15-7-5-4-6-8-15)12-19-17(20)16-9-10-18-13(2)11-16;/h4-8,13-14,16,18H,3,9-12H2,1-2H3,(H,19,20);1H/t13-,14?,16-;/m0./s1. The molecule has 118 valence electrons. The van der Waals surface area contributed by atoms with Crippen LogP contribution in [0.5, 0.6) is 0 Å². The molecule has 0 bridgehead atoms. The first-order valence-corrected chi connectivity index (χ1v) is 7.76. The summed E-state index contributed by atoms with van der Waals surface area (Å²) in [5.74, 6) is 0.826. The number of rotatable bonds is 5. The SMILES string of the molecule is CCC(CNC(=O)[C@H]1CCN[C@@H](C)C1)c1ccccc1.Cl. The van der Waals surface area contributed by atoms with Crippen LogP contribution in [0, 0.1) is 5.92 Å². The molecule has 1 heterocycles. The molecule has 0 radical (unpaired) electrons. The topological polar surface area (TPSA) is 41.1 Å². The van der Waals surface area contributed by atoms with Gasteiger partial charge in [0.25, 0.3) is 0 Å². The van der Waals surface area contributed by atoms with Crippen molar-refractivity contribution in [1.29, 1.82) is 0 Å². The van der Waals surface area contributed by atoms with Crippen LogP contribution >= 0.6 is 12.4 Å². The summed E-state index contributed by atoms with van der Waals surface area (Å²) in [4.78, 5) is 12.3. The second-order valence-electron chi connectivity index (χ2n) is 5.84. The van der Waals surface area contributed by atoms with Gasteiger partial charge < -0.3 is 10.6 Å². The van der Waals surface area contributed by atoms with Gasteiger partial charge >= 0.3 is 0 Å². The molecule has 1 aliphatic heterocycles. The molecule has 3 nitrogen and oxygen atoms in total. The van der Waals surface area contributed by atoms with Crippen LogP contribution < -0.4 is 10.6 Å². The Hall–Kier alpha value is -1.06. The Bertz CT molecular complexity index is 424. The zero-order valence-electron chi connectivity index (χ0n) is 13.0. The number of benzene rings is 1. The van der Waals surface area contributed by atoms with Crippen molar-refractivity contribution in [3.63, 3.8) is 0 Å². The lowest BCUT2D eigenvalue weighted by atomic mass is 9.91. The highest BCUT2D eigenvalue weighted by Crippen LogP contribution is 2.20. The summed E-state index contributed by atoms with van der Waals surface area (Å²) < 4.78 is 0. The average molecular weight is 311 g/mol. The van der Waals surface area contributed by atoms with Crippen molar-refractivity contribution in [1.82, 2.24) is 10.6 Å². The van der Waals surface area contributed by atoms with Gasteiger partial charge in [0.15, 0.2) is 0 Å². The van der Waals surface area contributed by atoms with Crippen LogP contribution in [0.1, 0.15) is 44.6 Å². The molecule has 0 aliphatic carbocycles. The first-order chi connectivity index (χ1) is 9.70. The number of carbonyl (C=O) groups is 1. The molecule has 3 atom stereocenters. The Balaban J connectivity index is 0.00000220. The number of amides is 1. The number of piperidine rings is 1. The maximum Gasteiger partial charge on any atom is 0.223 e. The maximum atomic E-state index is 12.3. The molecule has 2 N–H and O–H groups in total. The Labute approximate surface area is 134 Å². The summed E-state index contributed by atoms with van der Waals surface area (Å²) in [6.45, 7) is 6.03. The molecule has 0 spiro atoms. The lowest BCUT2D eigenvalue weighted by molar-refractivity contribution is -0.126. The van der Waals surface area contributed by atoms with Gasteiger partial charge in [0.2, 0.25) is 5.91 Å². The van der Waals surface area contributed by atoms with E-state index in [0.717, 1.165) is 32.4 Å².